The van der Waals surface area contributed by atoms with Gasteiger partial charge in [0, 0.05) is 25.1 Å². The summed E-state index contributed by atoms with van der Waals surface area (Å²) >= 11 is 0. The Morgan fingerprint density at radius 1 is 1.53 bits per heavy atom. The van der Waals surface area contributed by atoms with Crippen molar-refractivity contribution in [3.8, 4) is 0 Å². The molecule has 3 N–H and O–H groups in total. The van der Waals surface area contributed by atoms with E-state index in [0.29, 0.717) is 5.69 Å². The zero-order valence-corrected chi connectivity index (χ0v) is 11.0. The van der Waals surface area contributed by atoms with Gasteiger partial charge in [0.25, 0.3) is 10.0 Å². The van der Waals surface area contributed by atoms with Crippen molar-refractivity contribution in [1.29, 1.82) is 0 Å². The molecule has 0 saturated carbocycles. The van der Waals surface area contributed by atoms with E-state index in [2.05, 4.69) is 14.8 Å². The van der Waals surface area contributed by atoms with Crippen molar-refractivity contribution < 1.29 is 18.3 Å². The Morgan fingerprint density at radius 3 is 2.74 bits per heavy atom. The molecule has 2 aromatic rings. The number of anilines is 1. The van der Waals surface area contributed by atoms with Crippen LogP contribution in [0.5, 0.6) is 0 Å². The summed E-state index contributed by atoms with van der Waals surface area (Å²) in [6, 6.07) is 0. The van der Waals surface area contributed by atoms with Crippen LogP contribution in [0, 0.1) is 6.92 Å². The van der Waals surface area contributed by atoms with Crippen molar-refractivity contribution in [2.75, 3.05) is 4.72 Å². The maximum absolute atomic E-state index is 12.0. The first-order chi connectivity index (χ1) is 8.81. The zero-order valence-electron chi connectivity index (χ0n) is 10.2. The fourth-order valence-electron chi connectivity index (χ4n) is 1.62. The molecule has 102 valence electrons. The SMILES string of the molecule is Cc1[nH]cc(NS(=O)(=O)c2cnn(C)c2)c1C(=O)O. The number of nitrogens with one attached hydrogen (secondary N) is 2. The van der Waals surface area contributed by atoms with E-state index in [9.17, 15) is 13.2 Å². The largest absolute Gasteiger partial charge is 0.478 e. The molecule has 0 radical (unpaired) electrons. The number of sulfonamides is 1. The lowest BCUT2D eigenvalue weighted by Gasteiger charge is -2.05. The zero-order chi connectivity index (χ0) is 14.2. The second-order valence-electron chi connectivity index (χ2n) is 3.96. The van der Waals surface area contributed by atoms with E-state index in [1.54, 1.807) is 14.0 Å². The van der Waals surface area contributed by atoms with Gasteiger partial charge in [0.15, 0.2) is 0 Å². The standard InChI is InChI=1S/C10H12N4O4S/c1-6-9(10(15)16)8(4-11-6)13-19(17,18)7-3-12-14(2)5-7/h3-5,11,13H,1-2H3,(H,15,16). The van der Waals surface area contributed by atoms with Crippen molar-refractivity contribution in [3.05, 3.63) is 29.8 Å². The number of aromatic amines is 1. The lowest BCUT2D eigenvalue weighted by Crippen LogP contribution is -2.14. The Labute approximate surface area is 109 Å². The van der Waals surface area contributed by atoms with Gasteiger partial charge in [-0.05, 0) is 6.92 Å². The van der Waals surface area contributed by atoms with Crippen molar-refractivity contribution in [2.24, 2.45) is 7.05 Å². The molecular formula is C10H12N4O4S. The van der Waals surface area contributed by atoms with Gasteiger partial charge in [-0.15, -0.1) is 0 Å². The fraction of sp³-hybridized carbons (Fsp3) is 0.200. The van der Waals surface area contributed by atoms with Crippen molar-refractivity contribution >= 4 is 21.7 Å². The molecule has 2 heterocycles. The summed E-state index contributed by atoms with van der Waals surface area (Å²) in [5.74, 6) is -1.21. The Balaban J connectivity index is 2.39. The molecule has 2 aromatic heterocycles. The van der Waals surface area contributed by atoms with Crippen LogP contribution in [-0.4, -0.2) is 34.3 Å². The molecule has 0 bridgehead atoms. The van der Waals surface area contributed by atoms with Gasteiger partial charge in [-0.1, -0.05) is 0 Å². The average molecular weight is 284 g/mol. The molecule has 0 aliphatic carbocycles. The van der Waals surface area contributed by atoms with Crippen LogP contribution < -0.4 is 4.72 Å². The number of carboxylic acid groups (broad SMARTS) is 1. The summed E-state index contributed by atoms with van der Waals surface area (Å²) in [6.45, 7) is 1.55. The van der Waals surface area contributed by atoms with Gasteiger partial charge >= 0.3 is 5.97 Å². The summed E-state index contributed by atoms with van der Waals surface area (Å²) in [4.78, 5) is 13.7. The van der Waals surface area contributed by atoms with E-state index in [1.165, 1.54) is 23.3 Å². The molecule has 0 amide bonds. The topological polar surface area (TPSA) is 117 Å². The molecule has 9 heteroatoms. The number of rotatable bonds is 4. The smallest absolute Gasteiger partial charge is 0.339 e. The van der Waals surface area contributed by atoms with E-state index in [4.69, 9.17) is 5.11 Å². The first-order valence-corrected chi connectivity index (χ1v) is 6.72. The van der Waals surface area contributed by atoms with E-state index in [0.717, 1.165) is 0 Å². The number of carboxylic acids is 1. The minimum atomic E-state index is -3.85. The molecule has 0 unspecified atom stereocenters. The van der Waals surface area contributed by atoms with Crippen molar-refractivity contribution in [3.63, 3.8) is 0 Å². The predicted molar refractivity (Wildman–Crippen MR) is 66.5 cm³/mol. The van der Waals surface area contributed by atoms with Gasteiger partial charge in [0.2, 0.25) is 0 Å². The summed E-state index contributed by atoms with van der Waals surface area (Å²) in [5, 5.41) is 12.8. The van der Waals surface area contributed by atoms with Crippen molar-refractivity contribution in [1.82, 2.24) is 14.8 Å². The van der Waals surface area contributed by atoms with E-state index in [1.807, 2.05) is 0 Å². The number of hydrogen-bond donors (Lipinski definition) is 3. The number of aromatic carboxylic acids is 1. The number of hydrogen-bond acceptors (Lipinski definition) is 4. The molecule has 2 rings (SSSR count). The van der Waals surface area contributed by atoms with E-state index < -0.39 is 16.0 Å². The monoisotopic (exact) mass is 284 g/mol. The third kappa shape index (κ3) is 2.45. The molecule has 0 fully saturated rings. The Hall–Kier alpha value is -2.29. The number of aromatic nitrogens is 3. The lowest BCUT2D eigenvalue weighted by atomic mass is 10.2. The minimum absolute atomic E-state index is 0.00569. The molecule has 0 saturated heterocycles. The van der Waals surface area contributed by atoms with Gasteiger partial charge < -0.3 is 10.1 Å². The van der Waals surface area contributed by atoms with Crippen LogP contribution >= 0.6 is 0 Å². The van der Waals surface area contributed by atoms with Crippen LogP contribution in [0.1, 0.15) is 16.1 Å². The quantitative estimate of drug-likeness (QED) is 0.758. The summed E-state index contributed by atoms with van der Waals surface area (Å²) in [5.41, 5.74) is 0.262. The maximum Gasteiger partial charge on any atom is 0.339 e. The highest BCUT2D eigenvalue weighted by Gasteiger charge is 2.22. The fourth-order valence-corrected chi connectivity index (χ4v) is 2.67. The number of nitrogens with zero attached hydrogens (tertiary/aromatic N) is 2. The molecule has 0 aliphatic heterocycles. The molecule has 0 spiro atoms. The first-order valence-electron chi connectivity index (χ1n) is 5.24. The van der Waals surface area contributed by atoms with Gasteiger partial charge in [-0.25, -0.2) is 13.2 Å². The van der Waals surface area contributed by atoms with E-state index >= 15 is 0 Å². The number of aryl methyl sites for hydroxylation is 2. The molecule has 8 nitrogen and oxygen atoms in total. The van der Waals surface area contributed by atoms with Gasteiger partial charge in [0.05, 0.1) is 11.9 Å². The van der Waals surface area contributed by atoms with Crippen LogP contribution in [-0.2, 0) is 17.1 Å². The summed E-state index contributed by atoms with van der Waals surface area (Å²) in [7, 11) is -2.27. The number of H-pyrrole nitrogens is 1. The van der Waals surface area contributed by atoms with Gasteiger partial charge in [-0.2, -0.15) is 5.10 Å². The highest BCUT2D eigenvalue weighted by Crippen LogP contribution is 2.22. The summed E-state index contributed by atoms with van der Waals surface area (Å²) < 4.78 is 27.6. The predicted octanol–water partition coefficient (Wildman–Crippen LogP) is 0.556. The molecule has 0 atom stereocenters. The summed E-state index contributed by atoms with van der Waals surface area (Å²) in [6.07, 6.45) is 3.80. The lowest BCUT2D eigenvalue weighted by molar-refractivity contribution is 0.0697. The second-order valence-corrected chi connectivity index (χ2v) is 5.65. The van der Waals surface area contributed by atoms with Crippen LogP contribution in [0.25, 0.3) is 0 Å². The van der Waals surface area contributed by atoms with Gasteiger partial charge in [-0.3, -0.25) is 9.40 Å². The third-order valence-corrected chi connectivity index (χ3v) is 3.85. The van der Waals surface area contributed by atoms with Crippen LogP contribution in [0.2, 0.25) is 0 Å². The average Bonchev–Trinajstić information content (AvgIpc) is 2.85. The number of carbonyl (C=O) groups is 1. The third-order valence-electron chi connectivity index (χ3n) is 2.53. The minimum Gasteiger partial charge on any atom is -0.478 e. The Bertz CT molecular complexity index is 729. The molecule has 0 aromatic carbocycles. The van der Waals surface area contributed by atoms with Crippen LogP contribution in [0.4, 0.5) is 5.69 Å². The van der Waals surface area contributed by atoms with Crippen LogP contribution in [0.15, 0.2) is 23.5 Å². The van der Waals surface area contributed by atoms with Crippen molar-refractivity contribution in [2.45, 2.75) is 11.8 Å². The second kappa shape index (κ2) is 4.43. The Kier molecular flexibility index (Phi) is 3.06. The van der Waals surface area contributed by atoms with Gasteiger partial charge in [0.1, 0.15) is 10.5 Å². The molecule has 19 heavy (non-hydrogen) atoms. The van der Waals surface area contributed by atoms with E-state index in [-0.39, 0.29) is 16.1 Å². The first kappa shape index (κ1) is 13.1. The molecular weight excluding hydrogens is 272 g/mol. The molecule has 0 aliphatic rings. The van der Waals surface area contributed by atoms with Crippen LogP contribution in [0.3, 0.4) is 0 Å². The highest BCUT2D eigenvalue weighted by molar-refractivity contribution is 7.92. The normalized spacial score (nSPS) is 11.5. The maximum atomic E-state index is 12.0. The highest BCUT2D eigenvalue weighted by atomic mass is 32.2. The Morgan fingerprint density at radius 2 is 2.21 bits per heavy atom.